The number of fused-ring (bicyclic) bond motifs is 1. The first-order valence-corrected chi connectivity index (χ1v) is 7.77. The number of rotatable bonds is 3. The Balaban J connectivity index is 1.74. The zero-order valence-electron chi connectivity index (χ0n) is 11.6. The minimum Gasteiger partial charge on any atom is -0.497 e. The number of ether oxygens (including phenoxy) is 1. The van der Waals surface area contributed by atoms with E-state index in [1.807, 2.05) is 28.8 Å². The summed E-state index contributed by atoms with van der Waals surface area (Å²) in [6.45, 7) is 1.07. The molecule has 7 heteroatoms. The second-order valence-corrected chi connectivity index (χ2v) is 6.02. The van der Waals surface area contributed by atoms with Crippen LogP contribution in [0.1, 0.15) is 23.9 Å². The van der Waals surface area contributed by atoms with Crippen molar-refractivity contribution in [2.24, 2.45) is 0 Å². The summed E-state index contributed by atoms with van der Waals surface area (Å²) in [5.41, 5.74) is 0.986. The summed E-state index contributed by atoms with van der Waals surface area (Å²) >= 11 is 1.61. The molecule has 21 heavy (non-hydrogen) atoms. The molecular formula is C14H15N5OS. The maximum atomic E-state index is 5.18. The lowest BCUT2D eigenvalue weighted by molar-refractivity contribution is 0.415. The van der Waals surface area contributed by atoms with E-state index in [0.717, 1.165) is 40.1 Å². The SMILES string of the molecule is COc1ccc(-c2nnc3sc([C@@H]4CCCN4)nn23)cc1. The molecule has 6 nitrogen and oxygen atoms in total. The smallest absolute Gasteiger partial charge is 0.235 e. The average Bonchev–Trinajstić information content (AvgIpc) is 3.23. The Kier molecular flexibility index (Phi) is 3.08. The molecule has 0 bridgehead atoms. The van der Waals surface area contributed by atoms with Gasteiger partial charge in [0.2, 0.25) is 4.96 Å². The van der Waals surface area contributed by atoms with Gasteiger partial charge in [0.1, 0.15) is 10.8 Å². The van der Waals surface area contributed by atoms with Crippen molar-refractivity contribution in [3.8, 4) is 17.1 Å². The third-order valence-corrected chi connectivity index (χ3v) is 4.73. The first-order chi connectivity index (χ1) is 10.3. The van der Waals surface area contributed by atoms with E-state index in [1.54, 1.807) is 18.4 Å². The zero-order chi connectivity index (χ0) is 14.2. The molecule has 3 heterocycles. The standard InChI is InChI=1S/C14H15N5OS/c1-20-10-6-4-9(5-7-10)12-16-17-14-19(12)18-13(21-14)11-3-2-8-15-11/h4-7,11,15H,2-3,8H2,1H3/t11-/m0/s1. The second kappa shape index (κ2) is 5.09. The van der Waals surface area contributed by atoms with Crippen molar-refractivity contribution in [3.63, 3.8) is 0 Å². The number of hydrogen-bond acceptors (Lipinski definition) is 6. The van der Waals surface area contributed by atoms with E-state index in [0.29, 0.717) is 6.04 Å². The van der Waals surface area contributed by atoms with Gasteiger partial charge in [-0.15, -0.1) is 10.2 Å². The molecule has 3 aromatic rings. The number of methoxy groups -OCH3 is 1. The highest BCUT2D eigenvalue weighted by atomic mass is 32.1. The fraction of sp³-hybridized carbons (Fsp3) is 0.357. The van der Waals surface area contributed by atoms with Crippen LogP contribution in [-0.4, -0.2) is 33.5 Å². The van der Waals surface area contributed by atoms with Crippen LogP contribution in [0.5, 0.6) is 5.75 Å². The Hall–Kier alpha value is -1.99. The molecule has 0 amide bonds. The van der Waals surface area contributed by atoms with E-state index < -0.39 is 0 Å². The molecule has 1 saturated heterocycles. The number of aromatic nitrogens is 4. The molecule has 1 N–H and O–H groups in total. The highest BCUT2D eigenvalue weighted by Crippen LogP contribution is 2.29. The Morgan fingerprint density at radius 2 is 2.14 bits per heavy atom. The van der Waals surface area contributed by atoms with E-state index in [9.17, 15) is 0 Å². The molecule has 1 fully saturated rings. The number of nitrogens with zero attached hydrogens (tertiary/aromatic N) is 4. The van der Waals surface area contributed by atoms with Crippen LogP contribution in [0.25, 0.3) is 16.3 Å². The zero-order valence-corrected chi connectivity index (χ0v) is 12.4. The van der Waals surface area contributed by atoms with Crippen molar-refractivity contribution in [2.45, 2.75) is 18.9 Å². The minimum absolute atomic E-state index is 0.361. The van der Waals surface area contributed by atoms with Gasteiger partial charge in [0, 0.05) is 5.56 Å². The fourth-order valence-corrected chi connectivity index (χ4v) is 3.54. The first kappa shape index (κ1) is 12.7. The topological polar surface area (TPSA) is 64.3 Å². The predicted octanol–water partition coefficient (Wildman–Crippen LogP) is 2.29. The van der Waals surface area contributed by atoms with Crippen molar-refractivity contribution < 1.29 is 4.74 Å². The predicted molar refractivity (Wildman–Crippen MR) is 80.6 cm³/mol. The van der Waals surface area contributed by atoms with Gasteiger partial charge in [-0.2, -0.15) is 9.61 Å². The summed E-state index contributed by atoms with van der Waals surface area (Å²) in [7, 11) is 1.66. The molecule has 1 atom stereocenters. The van der Waals surface area contributed by atoms with Gasteiger partial charge in [0.25, 0.3) is 0 Å². The normalized spacial score (nSPS) is 18.4. The molecule has 1 aliphatic heterocycles. The Morgan fingerprint density at radius 1 is 1.29 bits per heavy atom. The van der Waals surface area contributed by atoms with Crippen molar-refractivity contribution in [1.82, 2.24) is 25.1 Å². The molecule has 2 aromatic heterocycles. The van der Waals surface area contributed by atoms with Crippen molar-refractivity contribution >= 4 is 16.3 Å². The molecule has 108 valence electrons. The van der Waals surface area contributed by atoms with Crippen molar-refractivity contribution in [1.29, 1.82) is 0 Å². The maximum Gasteiger partial charge on any atom is 0.235 e. The summed E-state index contributed by atoms with van der Waals surface area (Å²) in [4.78, 5) is 0.838. The summed E-state index contributed by atoms with van der Waals surface area (Å²) in [6, 6.07) is 8.15. The summed E-state index contributed by atoms with van der Waals surface area (Å²) < 4.78 is 7.02. The molecule has 0 spiro atoms. The second-order valence-electron chi connectivity index (χ2n) is 5.04. The maximum absolute atomic E-state index is 5.18. The molecule has 0 saturated carbocycles. The van der Waals surface area contributed by atoms with Crippen LogP contribution in [0.2, 0.25) is 0 Å². The van der Waals surface area contributed by atoms with Gasteiger partial charge >= 0.3 is 0 Å². The third kappa shape index (κ3) is 2.18. The van der Waals surface area contributed by atoms with Crippen LogP contribution in [0.4, 0.5) is 0 Å². The summed E-state index contributed by atoms with van der Waals surface area (Å²) in [5, 5.41) is 17.7. The molecular weight excluding hydrogens is 286 g/mol. The van der Waals surface area contributed by atoms with Gasteiger partial charge in [-0.05, 0) is 43.7 Å². The molecule has 0 aliphatic carbocycles. The van der Waals surface area contributed by atoms with E-state index in [2.05, 4.69) is 15.5 Å². The average molecular weight is 301 g/mol. The van der Waals surface area contributed by atoms with Gasteiger partial charge in [-0.1, -0.05) is 11.3 Å². The lowest BCUT2D eigenvalue weighted by atomic mass is 10.2. The van der Waals surface area contributed by atoms with Gasteiger partial charge < -0.3 is 10.1 Å². The Labute approximate surface area is 125 Å². The van der Waals surface area contributed by atoms with Crippen LogP contribution >= 0.6 is 11.3 Å². The van der Waals surface area contributed by atoms with Gasteiger partial charge in [-0.3, -0.25) is 0 Å². The number of nitrogens with one attached hydrogen (secondary N) is 1. The minimum atomic E-state index is 0.361. The molecule has 1 aliphatic rings. The van der Waals surface area contributed by atoms with Gasteiger partial charge in [0.15, 0.2) is 5.82 Å². The van der Waals surface area contributed by atoms with Crippen LogP contribution in [-0.2, 0) is 0 Å². The van der Waals surface area contributed by atoms with E-state index in [4.69, 9.17) is 9.84 Å². The summed E-state index contributed by atoms with van der Waals surface area (Å²) in [6.07, 6.45) is 2.35. The van der Waals surface area contributed by atoms with Crippen LogP contribution in [0.15, 0.2) is 24.3 Å². The van der Waals surface area contributed by atoms with E-state index in [-0.39, 0.29) is 0 Å². The fourth-order valence-electron chi connectivity index (χ4n) is 2.59. The van der Waals surface area contributed by atoms with Crippen molar-refractivity contribution in [3.05, 3.63) is 29.3 Å². The van der Waals surface area contributed by atoms with E-state index >= 15 is 0 Å². The Morgan fingerprint density at radius 3 is 2.86 bits per heavy atom. The van der Waals surface area contributed by atoms with Gasteiger partial charge in [-0.25, -0.2) is 0 Å². The monoisotopic (exact) mass is 301 g/mol. The number of benzene rings is 1. The van der Waals surface area contributed by atoms with E-state index in [1.165, 1.54) is 6.42 Å². The molecule has 0 unspecified atom stereocenters. The highest BCUT2D eigenvalue weighted by Gasteiger charge is 2.22. The van der Waals surface area contributed by atoms with Gasteiger partial charge in [0.05, 0.1) is 13.2 Å². The highest BCUT2D eigenvalue weighted by molar-refractivity contribution is 7.16. The molecule has 4 rings (SSSR count). The lowest BCUT2D eigenvalue weighted by Gasteiger charge is -2.03. The molecule has 0 radical (unpaired) electrons. The largest absolute Gasteiger partial charge is 0.497 e. The first-order valence-electron chi connectivity index (χ1n) is 6.95. The summed E-state index contributed by atoms with van der Waals surface area (Å²) in [5.74, 6) is 1.60. The lowest BCUT2D eigenvalue weighted by Crippen LogP contribution is -2.12. The Bertz CT molecular complexity index is 757. The van der Waals surface area contributed by atoms with Crippen LogP contribution in [0, 0.1) is 0 Å². The molecule has 1 aromatic carbocycles. The van der Waals surface area contributed by atoms with Crippen LogP contribution < -0.4 is 10.1 Å². The van der Waals surface area contributed by atoms with Crippen molar-refractivity contribution in [2.75, 3.05) is 13.7 Å². The van der Waals surface area contributed by atoms with Crippen LogP contribution in [0.3, 0.4) is 0 Å². The quantitative estimate of drug-likeness (QED) is 0.804. The third-order valence-electron chi connectivity index (χ3n) is 3.71. The number of hydrogen-bond donors (Lipinski definition) is 1.